The first-order valence-corrected chi connectivity index (χ1v) is 8.35. The first kappa shape index (κ1) is 15.3. The fourth-order valence-electron chi connectivity index (χ4n) is 3.82. The van der Waals surface area contributed by atoms with Gasteiger partial charge < -0.3 is 10.2 Å². The molecule has 2 heteroatoms. The molecule has 1 saturated carbocycles. The molecule has 2 nitrogen and oxygen atoms in total. The van der Waals surface area contributed by atoms with Gasteiger partial charge in [-0.15, -0.1) is 0 Å². The summed E-state index contributed by atoms with van der Waals surface area (Å²) >= 11 is 0. The summed E-state index contributed by atoms with van der Waals surface area (Å²) < 4.78 is 0. The van der Waals surface area contributed by atoms with E-state index < -0.39 is 0 Å². The van der Waals surface area contributed by atoms with Crippen molar-refractivity contribution in [2.45, 2.75) is 72.3 Å². The summed E-state index contributed by atoms with van der Waals surface area (Å²) in [5, 5.41) is 3.76. The molecule has 1 unspecified atom stereocenters. The summed E-state index contributed by atoms with van der Waals surface area (Å²) in [7, 11) is 0. The van der Waals surface area contributed by atoms with E-state index >= 15 is 0 Å². The first-order chi connectivity index (χ1) is 8.89. The van der Waals surface area contributed by atoms with Crippen molar-refractivity contribution in [2.24, 2.45) is 10.8 Å². The number of hydrogen-bond acceptors (Lipinski definition) is 2. The molecule has 19 heavy (non-hydrogen) atoms. The van der Waals surface area contributed by atoms with E-state index in [4.69, 9.17) is 0 Å². The highest BCUT2D eigenvalue weighted by Crippen LogP contribution is 2.37. The Bertz CT molecular complexity index is 273. The van der Waals surface area contributed by atoms with Gasteiger partial charge in [0.05, 0.1) is 0 Å². The second kappa shape index (κ2) is 6.13. The van der Waals surface area contributed by atoms with Gasteiger partial charge in [-0.25, -0.2) is 0 Å². The van der Waals surface area contributed by atoms with Gasteiger partial charge in [0.25, 0.3) is 0 Å². The third-order valence-corrected chi connectivity index (χ3v) is 5.19. The van der Waals surface area contributed by atoms with Crippen LogP contribution in [-0.2, 0) is 0 Å². The second-order valence-corrected chi connectivity index (χ2v) is 8.33. The Morgan fingerprint density at radius 2 is 1.79 bits per heavy atom. The van der Waals surface area contributed by atoms with Crippen LogP contribution in [0.2, 0.25) is 0 Å². The molecule has 0 aromatic rings. The van der Waals surface area contributed by atoms with Gasteiger partial charge in [0.15, 0.2) is 0 Å². The molecule has 112 valence electrons. The number of nitrogens with one attached hydrogen (secondary N) is 1. The van der Waals surface area contributed by atoms with Crippen LogP contribution in [0.15, 0.2) is 0 Å². The normalized spacial score (nSPS) is 30.0. The van der Waals surface area contributed by atoms with E-state index in [2.05, 4.69) is 37.9 Å². The summed E-state index contributed by atoms with van der Waals surface area (Å²) in [6, 6.07) is 0.641. The van der Waals surface area contributed by atoms with Gasteiger partial charge in [0, 0.05) is 19.1 Å². The Balaban J connectivity index is 1.94. The maximum Gasteiger partial charge on any atom is 0.0243 e. The number of hydrogen-bond donors (Lipinski definition) is 1. The fourth-order valence-corrected chi connectivity index (χ4v) is 3.82. The van der Waals surface area contributed by atoms with Crippen molar-refractivity contribution < 1.29 is 0 Å². The quantitative estimate of drug-likeness (QED) is 0.820. The number of rotatable bonds is 2. The maximum absolute atomic E-state index is 3.76. The SMILES string of the molecule is CC1(CN2CCCNC(C(C)(C)C)C2)CCCCC1. The van der Waals surface area contributed by atoms with Gasteiger partial charge in [-0.2, -0.15) is 0 Å². The molecule has 0 aromatic heterocycles. The lowest BCUT2D eigenvalue weighted by atomic mass is 9.75. The molecule has 0 radical (unpaired) electrons. The van der Waals surface area contributed by atoms with Gasteiger partial charge >= 0.3 is 0 Å². The minimum atomic E-state index is 0.371. The largest absolute Gasteiger partial charge is 0.312 e. The van der Waals surface area contributed by atoms with Crippen LogP contribution in [0.3, 0.4) is 0 Å². The molecule has 2 aliphatic rings. The molecule has 0 bridgehead atoms. The molecule has 1 saturated heterocycles. The van der Waals surface area contributed by atoms with E-state index in [1.165, 1.54) is 64.7 Å². The molecule has 0 aromatic carbocycles. The van der Waals surface area contributed by atoms with Crippen molar-refractivity contribution in [3.05, 3.63) is 0 Å². The van der Waals surface area contributed by atoms with Crippen molar-refractivity contribution in [2.75, 3.05) is 26.2 Å². The highest BCUT2D eigenvalue weighted by Gasteiger charge is 2.33. The lowest BCUT2D eigenvalue weighted by molar-refractivity contribution is 0.106. The zero-order valence-corrected chi connectivity index (χ0v) is 13.6. The van der Waals surface area contributed by atoms with Crippen LogP contribution in [0, 0.1) is 10.8 Å². The molecule has 1 atom stereocenters. The van der Waals surface area contributed by atoms with Crippen molar-refractivity contribution >= 4 is 0 Å². The van der Waals surface area contributed by atoms with Crippen LogP contribution in [0.5, 0.6) is 0 Å². The average Bonchev–Trinajstić information content (AvgIpc) is 2.54. The first-order valence-electron chi connectivity index (χ1n) is 8.35. The smallest absolute Gasteiger partial charge is 0.0243 e. The lowest BCUT2D eigenvalue weighted by Crippen LogP contribution is -2.48. The van der Waals surface area contributed by atoms with Gasteiger partial charge in [0.1, 0.15) is 0 Å². The predicted octanol–water partition coefficient (Wildman–Crippen LogP) is 3.67. The Hall–Kier alpha value is -0.0800. The summed E-state index contributed by atoms with van der Waals surface area (Å²) in [6.07, 6.45) is 8.55. The van der Waals surface area contributed by atoms with Crippen molar-refractivity contribution in [3.8, 4) is 0 Å². The Labute approximate surface area is 120 Å². The molecule has 1 heterocycles. The van der Waals surface area contributed by atoms with Crippen molar-refractivity contribution in [3.63, 3.8) is 0 Å². The molecule has 0 spiro atoms. The maximum atomic E-state index is 3.76. The third kappa shape index (κ3) is 4.46. The number of nitrogens with zero attached hydrogens (tertiary/aromatic N) is 1. The zero-order valence-electron chi connectivity index (χ0n) is 13.6. The van der Waals surface area contributed by atoms with Crippen molar-refractivity contribution in [1.29, 1.82) is 0 Å². The van der Waals surface area contributed by atoms with Crippen LogP contribution < -0.4 is 5.32 Å². The highest BCUT2D eigenvalue weighted by atomic mass is 15.2. The van der Waals surface area contributed by atoms with Crippen molar-refractivity contribution in [1.82, 2.24) is 10.2 Å². The van der Waals surface area contributed by atoms with Crippen LogP contribution in [0.1, 0.15) is 66.2 Å². The van der Waals surface area contributed by atoms with E-state index in [-0.39, 0.29) is 0 Å². The average molecular weight is 266 g/mol. The van der Waals surface area contributed by atoms with Gasteiger partial charge in [-0.3, -0.25) is 0 Å². The lowest BCUT2D eigenvalue weighted by Gasteiger charge is -2.40. The minimum absolute atomic E-state index is 0.371. The minimum Gasteiger partial charge on any atom is -0.312 e. The van der Waals surface area contributed by atoms with E-state index in [0.29, 0.717) is 16.9 Å². The fraction of sp³-hybridized carbons (Fsp3) is 1.00. The topological polar surface area (TPSA) is 15.3 Å². The van der Waals surface area contributed by atoms with Gasteiger partial charge in [-0.05, 0) is 43.2 Å². The zero-order chi connectivity index (χ0) is 13.9. The van der Waals surface area contributed by atoms with Crippen LogP contribution in [0.4, 0.5) is 0 Å². The Morgan fingerprint density at radius 3 is 2.42 bits per heavy atom. The molecule has 0 amide bonds. The molecule has 2 fully saturated rings. The standard InChI is InChI=1S/C17H34N2/c1-16(2,3)15-13-19(12-8-11-18-15)14-17(4)9-6-5-7-10-17/h15,18H,5-14H2,1-4H3. The van der Waals surface area contributed by atoms with E-state index in [1.54, 1.807) is 0 Å². The van der Waals surface area contributed by atoms with Gasteiger partial charge in [-0.1, -0.05) is 47.0 Å². The van der Waals surface area contributed by atoms with E-state index in [0.717, 1.165) is 0 Å². The van der Waals surface area contributed by atoms with Crippen LogP contribution >= 0.6 is 0 Å². The summed E-state index contributed by atoms with van der Waals surface area (Å²) in [4.78, 5) is 2.75. The van der Waals surface area contributed by atoms with Crippen LogP contribution in [-0.4, -0.2) is 37.1 Å². The van der Waals surface area contributed by atoms with E-state index in [9.17, 15) is 0 Å². The molecule has 2 rings (SSSR count). The molecule has 1 aliphatic carbocycles. The van der Waals surface area contributed by atoms with E-state index in [1.807, 2.05) is 0 Å². The Morgan fingerprint density at radius 1 is 1.11 bits per heavy atom. The monoisotopic (exact) mass is 266 g/mol. The molecule has 1 aliphatic heterocycles. The molecular weight excluding hydrogens is 232 g/mol. The summed E-state index contributed by atoms with van der Waals surface area (Å²) in [6.45, 7) is 14.7. The highest BCUT2D eigenvalue weighted by molar-refractivity contribution is 4.89. The van der Waals surface area contributed by atoms with Gasteiger partial charge in [0.2, 0.25) is 0 Å². The molecular formula is C17H34N2. The Kier molecular flexibility index (Phi) is 4.94. The summed E-state index contributed by atoms with van der Waals surface area (Å²) in [5.74, 6) is 0. The summed E-state index contributed by atoms with van der Waals surface area (Å²) in [5.41, 5.74) is 0.959. The second-order valence-electron chi connectivity index (χ2n) is 8.33. The van der Waals surface area contributed by atoms with Crippen LogP contribution in [0.25, 0.3) is 0 Å². The predicted molar refractivity (Wildman–Crippen MR) is 83.5 cm³/mol. The third-order valence-electron chi connectivity index (χ3n) is 5.19. The molecule has 1 N–H and O–H groups in total.